The third kappa shape index (κ3) is 6.02. The van der Waals surface area contributed by atoms with E-state index in [1.165, 1.54) is 0 Å². The number of carbonyl (C=O) groups excluding carboxylic acids is 1. The maximum Gasteiger partial charge on any atom is 0.234 e. The van der Waals surface area contributed by atoms with Gasteiger partial charge in [-0.05, 0) is 13.8 Å². The Hall–Kier alpha value is -0.690. The van der Waals surface area contributed by atoms with Gasteiger partial charge in [-0.3, -0.25) is 10.1 Å². The number of rotatable bonds is 8. The van der Waals surface area contributed by atoms with Gasteiger partial charge in [-0.1, -0.05) is 0 Å². The third-order valence-electron chi connectivity index (χ3n) is 2.20. The fourth-order valence-corrected chi connectivity index (χ4v) is 1.07. The SMILES string of the molecule is COCC(C)NC(=O)CNC(C)(CO)CO. The van der Waals surface area contributed by atoms with Gasteiger partial charge in [0.2, 0.25) is 5.91 Å². The largest absolute Gasteiger partial charge is 0.394 e. The molecule has 0 aromatic rings. The van der Waals surface area contributed by atoms with Gasteiger partial charge in [-0.15, -0.1) is 0 Å². The van der Waals surface area contributed by atoms with E-state index in [2.05, 4.69) is 10.6 Å². The van der Waals surface area contributed by atoms with Crippen molar-refractivity contribution in [3.63, 3.8) is 0 Å². The molecule has 16 heavy (non-hydrogen) atoms. The average molecular weight is 234 g/mol. The van der Waals surface area contributed by atoms with Crippen LogP contribution in [0.2, 0.25) is 0 Å². The van der Waals surface area contributed by atoms with Crippen molar-refractivity contribution < 1.29 is 19.7 Å². The summed E-state index contributed by atoms with van der Waals surface area (Å²) in [5, 5.41) is 23.5. The van der Waals surface area contributed by atoms with Gasteiger partial charge in [0, 0.05) is 13.2 Å². The average Bonchev–Trinajstić information content (AvgIpc) is 2.26. The van der Waals surface area contributed by atoms with Crippen molar-refractivity contribution in [2.45, 2.75) is 25.4 Å². The van der Waals surface area contributed by atoms with E-state index in [9.17, 15) is 4.79 Å². The van der Waals surface area contributed by atoms with E-state index in [1.54, 1.807) is 14.0 Å². The molecule has 0 aliphatic carbocycles. The minimum Gasteiger partial charge on any atom is -0.394 e. The molecule has 0 saturated heterocycles. The smallest absolute Gasteiger partial charge is 0.234 e. The molecule has 1 atom stereocenters. The Morgan fingerprint density at radius 3 is 2.44 bits per heavy atom. The zero-order chi connectivity index (χ0) is 12.6. The van der Waals surface area contributed by atoms with Gasteiger partial charge in [0.05, 0.1) is 31.9 Å². The molecule has 0 radical (unpaired) electrons. The molecule has 96 valence electrons. The zero-order valence-electron chi connectivity index (χ0n) is 10.1. The molecule has 1 unspecified atom stereocenters. The number of nitrogens with one attached hydrogen (secondary N) is 2. The molecule has 0 fully saturated rings. The summed E-state index contributed by atoms with van der Waals surface area (Å²) in [6, 6.07) is -0.0613. The summed E-state index contributed by atoms with van der Waals surface area (Å²) in [7, 11) is 1.56. The van der Waals surface area contributed by atoms with Crippen molar-refractivity contribution in [3.8, 4) is 0 Å². The Balaban J connectivity index is 3.88. The quantitative estimate of drug-likeness (QED) is 0.409. The van der Waals surface area contributed by atoms with Crippen LogP contribution in [0.4, 0.5) is 0 Å². The molecule has 0 bridgehead atoms. The van der Waals surface area contributed by atoms with Crippen LogP contribution in [0.5, 0.6) is 0 Å². The molecule has 0 aromatic carbocycles. The standard InChI is InChI=1S/C10H22N2O4/c1-8(5-16-3)12-9(15)4-11-10(2,6-13)7-14/h8,11,13-14H,4-7H2,1-3H3,(H,12,15). The highest BCUT2D eigenvalue weighted by molar-refractivity contribution is 5.78. The second-order valence-corrected chi connectivity index (χ2v) is 4.15. The second-order valence-electron chi connectivity index (χ2n) is 4.15. The summed E-state index contributed by atoms with van der Waals surface area (Å²) in [6.45, 7) is 3.50. The molecule has 0 aromatic heterocycles. The van der Waals surface area contributed by atoms with Crippen molar-refractivity contribution in [3.05, 3.63) is 0 Å². The molecule has 0 spiro atoms. The lowest BCUT2D eigenvalue weighted by Gasteiger charge is -2.26. The van der Waals surface area contributed by atoms with E-state index < -0.39 is 5.54 Å². The Labute approximate surface area is 96.0 Å². The maximum atomic E-state index is 11.4. The highest BCUT2D eigenvalue weighted by Crippen LogP contribution is 1.99. The topological polar surface area (TPSA) is 90.8 Å². The highest BCUT2D eigenvalue weighted by Gasteiger charge is 2.22. The molecule has 0 heterocycles. The van der Waals surface area contributed by atoms with Crippen LogP contribution < -0.4 is 10.6 Å². The summed E-state index contributed by atoms with van der Waals surface area (Å²) in [4.78, 5) is 11.4. The molecule has 6 nitrogen and oxygen atoms in total. The third-order valence-corrected chi connectivity index (χ3v) is 2.20. The molecule has 0 aliphatic heterocycles. The molecular weight excluding hydrogens is 212 g/mol. The molecule has 1 amide bonds. The number of aliphatic hydroxyl groups excluding tert-OH is 2. The number of carbonyl (C=O) groups is 1. The van der Waals surface area contributed by atoms with Crippen LogP contribution >= 0.6 is 0 Å². The van der Waals surface area contributed by atoms with Gasteiger partial charge in [-0.25, -0.2) is 0 Å². The summed E-state index contributed by atoms with van der Waals surface area (Å²) >= 11 is 0. The van der Waals surface area contributed by atoms with Gasteiger partial charge >= 0.3 is 0 Å². The van der Waals surface area contributed by atoms with Crippen LogP contribution in [0.25, 0.3) is 0 Å². The molecule has 0 rings (SSSR count). The first-order chi connectivity index (χ1) is 7.47. The van der Waals surface area contributed by atoms with Crippen molar-refractivity contribution in [1.29, 1.82) is 0 Å². The first kappa shape index (κ1) is 15.3. The maximum absolute atomic E-state index is 11.4. The fraction of sp³-hybridized carbons (Fsp3) is 0.900. The van der Waals surface area contributed by atoms with Gasteiger partial charge in [0.15, 0.2) is 0 Å². The Morgan fingerprint density at radius 1 is 1.44 bits per heavy atom. The number of methoxy groups -OCH3 is 1. The molecule has 6 heteroatoms. The lowest BCUT2D eigenvalue weighted by molar-refractivity contribution is -0.121. The molecule has 4 N–H and O–H groups in total. The van der Waals surface area contributed by atoms with E-state index in [0.717, 1.165) is 0 Å². The van der Waals surface area contributed by atoms with Crippen LogP contribution in [-0.4, -0.2) is 61.2 Å². The first-order valence-electron chi connectivity index (χ1n) is 5.22. The van der Waals surface area contributed by atoms with E-state index in [0.29, 0.717) is 6.61 Å². The minimum atomic E-state index is -0.832. The van der Waals surface area contributed by atoms with Crippen LogP contribution in [-0.2, 0) is 9.53 Å². The van der Waals surface area contributed by atoms with Gasteiger partial charge in [0.1, 0.15) is 0 Å². The molecule has 0 saturated carbocycles. The predicted octanol–water partition coefficient (Wildman–Crippen LogP) is -1.53. The Kier molecular flexibility index (Phi) is 7.24. The normalized spacial score (nSPS) is 13.6. The monoisotopic (exact) mass is 234 g/mol. The summed E-state index contributed by atoms with van der Waals surface area (Å²) in [5.41, 5.74) is -0.832. The van der Waals surface area contributed by atoms with Gasteiger partial charge in [-0.2, -0.15) is 0 Å². The predicted molar refractivity (Wildman–Crippen MR) is 60.1 cm³/mol. The van der Waals surface area contributed by atoms with Crippen molar-refractivity contribution >= 4 is 5.91 Å². The van der Waals surface area contributed by atoms with E-state index in [-0.39, 0.29) is 31.7 Å². The molecular formula is C10H22N2O4. The summed E-state index contributed by atoms with van der Waals surface area (Å²) < 4.78 is 4.88. The lowest BCUT2D eigenvalue weighted by atomic mass is 10.1. The highest BCUT2D eigenvalue weighted by atomic mass is 16.5. The van der Waals surface area contributed by atoms with E-state index in [1.807, 2.05) is 6.92 Å². The number of amides is 1. The van der Waals surface area contributed by atoms with Crippen LogP contribution in [0, 0.1) is 0 Å². The molecule has 0 aliphatic rings. The lowest BCUT2D eigenvalue weighted by Crippen LogP contribution is -2.53. The number of hydrogen-bond donors (Lipinski definition) is 4. The zero-order valence-corrected chi connectivity index (χ0v) is 10.1. The van der Waals surface area contributed by atoms with E-state index >= 15 is 0 Å². The first-order valence-corrected chi connectivity index (χ1v) is 5.22. The fourth-order valence-electron chi connectivity index (χ4n) is 1.07. The number of ether oxygens (including phenoxy) is 1. The Morgan fingerprint density at radius 2 is 2.00 bits per heavy atom. The van der Waals surface area contributed by atoms with Crippen molar-refractivity contribution in [2.24, 2.45) is 0 Å². The summed E-state index contributed by atoms with van der Waals surface area (Å²) in [6.07, 6.45) is 0. The summed E-state index contributed by atoms with van der Waals surface area (Å²) in [5.74, 6) is -0.197. The van der Waals surface area contributed by atoms with Crippen molar-refractivity contribution in [1.82, 2.24) is 10.6 Å². The second kappa shape index (κ2) is 7.56. The van der Waals surface area contributed by atoms with Crippen LogP contribution in [0.3, 0.4) is 0 Å². The van der Waals surface area contributed by atoms with Crippen molar-refractivity contribution in [2.75, 3.05) is 33.5 Å². The van der Waals surface area contributed by atoms with Crippen LogP contribution in [0.15, 0.2) is 0 Å². The van der Waals surface area contributed by atoms with Gasteiger partial charge in [0.25, 0.3) is 0 Å². The Bertz CT molecular complexity index is 207. The number of hydrogen-bond acceptors (Lipinski definition) is 5. The van der Waals surface area contributed by atoms with Gasteiger partial charge < -0.3 is 20.3 Å². The minimum absolute atomic E-state index is 0.0473. The van der Waals surface area contributed by atoms with E-state index in [4.69, 9.17) is 14.9 Å². The number of aliphatic hydroxyl groups is 2. The van der Waals surface area contributed by atoms with Crippen LogP contribution in [0.1, 0.15) is 13.8 Å².